The van der Waals surface area contributed by atoms with E-state index in [9.17, 15) is 5.11 Å². The number of nitrogens with one attached hydrogen (secondary N) is 1. The molecule has 6 rings (SSSR count). The third-order valence-electron chi connectivity index (χ3n) is 10.2. The highest BCUT2D eigenvalue weighted by atomic mass is 16.3. The van der Waals surface area contributed by atoms with Crippen LogP contribution in [0.25, 0.3) is 11.0 Å². The molecule has 2 fully saturated rings. The van der Waals surface area contributed by atoms with Crippen molar-refractivity contribution in [1.29, 1.82) is 0 Å². The number of hydrogen-bond donors (Lipinski definition) is 3. The SMILES string of the molecule is CC(C)N(C[C@@H]1C[C@@H](O)[C@H](n2ccc3c(N)ncnc32)C1)C1CC(CCC2Nc3ccc(C(C)(C)C)cc3N2C)C1. The van der Waals surface area contributed by atoms with Crippen molar-refractivity contribution in [3.05, 3.63) is 42.4 Å². The van der Waals surface area contributed by atoms with Crippen LogP contribution in [0.5, 0.6) is 0 Å². The van der Waals surface area contributed by atoms with Crippen LogP contribution in [0.2, 0.25) is 0 Å². The smallest absolute Gasteiger partial charge is 0.145 e. The Kier molecular flexibility index (Phi) is 7.43. The molecule has 2 aromatic heterocycles. The highest BCUT2D eigenvalue weighted by Gasteiger charge is 2.40. The van der Waals surface area contributed by atoms with Gasteiger partial charge < -0.3 is 25.6 Å². The van der Waals surface area contributed by atoms with E-state index in [1.165, 1.54) is 48.9 Å². The lowest BCUT2D eigenvalue weighted by molar-refractivity contribution is 0.0345. The molecule has 0 bridgehead atoms. The van der Waals surface area contributed by atoms with Crippen molar-refractivity contribution in [3.63, 3.8) is 0 Å². The Labute approximate surface area is 245 Å². The second-order valence-corrected chi connectivity index (χ2v) is 14.3. The minimum absolute atomic E-state index is 0.0365. The fourth-order valence-electron chi connectivity index (χ4n) is 7.60. The summed E-state index contributed by atoms with van der Waals surface area (Å²) in [4.78, 5) is 13.8. The Morgan fingerprint density at radius 1 is 1.07 bits per heavy atom. The van der Waals surface area contributed by atoms with Gasteiger partial charge in [-0.25, -0.2) is 9.97 Å². The molecule has 0 saturated heterocycles. The quantitative estimate of drug-likeness (QED) is 0.322. The predicted octanol–water partition coefficient (Wildman–Crippen LogP) is 5.78. The van der Waals surface area contributed by atoms with Gasteiger partial charge >= 0.3 is 0 Å². The van der Waals surface area contributed by atoms with E-state index in [-0.39, 0.29) is 17.6 Å². The fraction of sp³-hybridized carbons (Fsp3) is 0.636. The summed E-state index contributed by atoms with van der Waals surface area (Å²) in [7, 11) is 2.24. The van der Waals surface area contributed by atoms with Gasteiger partial charge in [-0.3, -0.25) is 4.90 Å². The monoisotopic (exact) mass is 559 g/mol. The summed E-state index contributed by atoms with van der Waals surface area (Å²) in [6.07, 6.45) is 10.3. The lowest BCUT2D eigenvalue weighted by atomic mass is 9.75. The summed E-state index contributed by atoms with van der Waals surface area (Å²) in [5.41, 5.74) is 11.0. The third kappa shape index (κ3) is 5.41. The third-order valence-corrected chi connectivity index (χ3v) is 10.2. The van der Waals surface area contributed by atoms with Crippen molar-refractivity contribution in [2.24, 2.45) is 11.8 Å². The van der Waals surface area contributed by atoms with E-state index < -0.39 is 0 Å². The van der Waals surface area contributed by atoms with Crippen LogP contribution in [0.4, 0.5) is 17.2 Å². The van der Waals surface area contributed by atoms with Gasteiger partial charge in [-0.1, -0.05) is 26.8 Å². The van der Waals surface area contributed by atoms with Crippen LogP contribution in [-0.2, 0) is 5.41 Å². The molecule has 0 amide bonds. The number of anilines is 3. The summed E-state index contributed by atoms with van der Waals surface area (Å²) >= 11 is 0. The van der Waals surface area contributed by atoms with Gasteiger partial charge in [-0.2, -0.15) is 0 Å². The molecule has 1 unspecified atom stereocenters. The molecule has 1 aliphatic heterocycles. The van der Waals surface area contributed by atoms with E-state index >= 15 is 0 Å². The van der Waals surface area contributed by atoms with Gasteiger partial charge in [0, 0.05) is 31.9 Å². The highest BCUT2D eigenvalue weighted by molar-refractivity contribution is 5.86. The van der Waals surface area contributed by atoms with Crippen LogP contribution in [0.3, 0.4) is 0 Å². The molecule has 1 aromatic carbocycles. The Balaban J connectivity index is 1.01. The van der Waals surface area contributed by atoms with Crippen molar-refractivity contribution < 1.29 is 5.11 Å². The molecule has 3 aliphatic rings. The van der Waals surface area contributed by atoms with Crippen molar-refractivity contribution in [1.82, 2.24) is 19.4 Å². The summed E-state index contributed by atoms with van der Waals surface area (Å²) in [5.74, 6) is 1.77. The second kappa shape index (κ2) is 10.8. The standard InChI is InChI=1S/C33H49N7O/c1-20(2)40(18-22-15-28(29(41)16-22)39-12-11-25-31(34)35-19-36-32(25)39)24-13-21(14-24)7-10-30-37-26-9-8-23(33(3,4)5)17-27(26)38(30)6/h8-9,11-12,17,19-22,24,28-30,37,41H,7,10,13-16,18H2,1-6H3,(H2,34,35,36)/t21?,22-,24?,28+,29+,30?/m0/s1. The minimum Gasteiger partial charge on any atom is -0.391 e. The van der Waals surface area contributed by atoms with Gasteiger partial charge in [0.15, 0.2) is 0 Å². The normalized spacial score (nSPS) is 28.0. The van der Waals surface area contributed by atoms with Gasteiger partial charge in [0.2, 0.25) is 0 Å². The number of aliphatic hydroxyl groups is 1. The number of aliphatic hydroxyl groups excluding tert-OH is 1. The van der Waals surface area contributed by atoms with Gasteiger partial charge in [-0.15, -0.1) is 0 Å². The summed E-state index contributed by atoms with van der Waals surface area (Å²) < 4.78 is 2.12. The molecule has 8 heteroatoms. The number of nitrogens with zero attached hydrogens (tertiary/aromatic N) is 5. The zero-order valence-corrected chi connectivity index (χ0v) is 25.7. The minimum atomic E-state index is -0.366. The molecule has 3 aromatic rings. The van der Waals surface area contributed by atoms with Crippen LogP contribution in [0.1, 0.15) is 84.7 Å². The Bertz CT molecular complexity index is 1370. The van der Waals surface area contributed by atoms with Crippen molar-refractivity contribution >= 4 is 28.2 Å². The molecule has 0 spiro atoms. The molecule has 0 radical (unpaired) electrons. The van der Waals surface area contributed by atoms with Crippen LogP contribution in [0, 0.1) is 11.8 Å². The molecule has 4 atom stereocenters. The van der Waals surface area contributed by atoms with E-state index in [2.05, 4.69) is 89.5 Å². The first kappa shape index (κ1) is 28.3. The summed E-state index contributed by atoms with van der Waals surface area (Å²) in [5, 5.41) is 15.7. The van der Waals surface area contributed by atoms with Crippen molar-refractivity contribution in [3.8, 4) is 0 Å². The molecule has 8 nitrogen and oxygen atoms in total. The number of rotatable bonds is 8. The first-order valence-corrected chi connectivity index (χ1v) is 15.6. The largest absolute Gasteiger partial charge is 0.391 e. The zero-order chi connectivity index (χ0) is 29.1. The first-order valence-electron chi connectivity index (χ1n) is 15.6. The summed E-state index contributed by atoms with van der Waals surface area (Å²) in [6, 6.07) is 10.1. The van der Waals surface area contributed by atoms with Crippen LogP contribution >= 0.6 is 0 Å². The number of nitrogen functional groups attached to an aromatic ring is 1. The maximum Gasteiger partial charge on any atom is 0.145 e. The van der Waals surface area contributed by atoms with Gasteiger partial charge in [0.1, 0.15) is 17.8 Å². The molecular weight excluding hydrogens is 510 g/mol. The van der Waals surface area contributed by atoms with Gasteiger partial charge in [-0.05, 0) is 93.4 Å². The number of aromatic nitrogens is 3. The average Bonchev–Trinajstić information content (AvgIpc) is 3.57. The van der Waals surface area contributed by atoms with E-state index in [0.717, 1.165) is 36.3 Å². The number of fused-ring (bicyclic) bond motifs is 2. The van der Waals surface area contributed by atoms with E-state index in [4.69, 9.17) is 5.73 Å². The van der Waals surface area contributed by atoms with Crippen LogP contribution < -0.4 is 16.0 Å². The molecule has 41 heavy (non-hydrogen) atoms. The molecule has 4 N–H and O–H groups in total. The van der Waals surface area contributed by atoms with Crippen LogP contribution in [-0.4, -0.2) is 62.5 Å². The lowest BCUT2D eigenvalue weighted by Gasteiger charge is -2.46. The fourth-order valence-corrected chi connectivity index (χ4v) is 7.60. The lowest BCUT2D eigenvalue weighted by Crippen LogP contribution is -2.50. The maximum atomic E-state index is 11.1. The molecule has 3 heterocycles. The Morgan fingerprint density at radius 3 is 2.59 bits per heavy atom. The van der Waals surface area contributed by atoms with E-state index in [1.54, 1.807) is 0 Å². The number of benzene rings is 1. The van der Waals surface area contributed by atoms with Crippen LogP contribution in [0.15, 0.2) is 36.8 Å². The van der Waals surface area contributed by atoms with Gasteiger partial charge in [0.05, 0.1) is 35.1 Å². The van der Waals surface area contributed by atoms with E-state index in [0.29, 0.717) is 30.0 Å². The highest BCUT2D eigenvalue weighted by Crippen LogP contribution is 2.43. The molecule has 2 aliphatic carbocycles. The molecule has 2 saturated carbocycles. The summed E-state index contributed by atoms with van der Waals surface area (Å²) in [6.45, 7) is 12.6. The number of nitrogens with two attached hydrogens (primary N) is 1. The maximum absolute atomic E-state index is 11.1. The first-order chi connectivity index (χ1) is 19.5. The Morgan fingerprint density at radius 2 is 1.85 bits per heavy atom. The van der Waals surface area contributed by atoms with Crippen molar-refractivity contribution in [2.75, 3.05) is 29.5 Å². The van der Waals surface area contributed by atoms with Crippen molar-refractivity contribution in [2.45, 2.75) is 109 Å². The second-order valence-electron chi connectivity index (χ2n) is 14.3. The van der Waals surface area contributed by atoms with Gasteiger partial charge in [0.25, 0.3) is 0 Å². The predicted molar refractivity (Wildman–Crippen MR) is 168 cm³/mol. The average molecular weight is 560 g/mol. The number of hydrogen-bond acceptors (Lipinski definition) is 7. The molecular formula is C33H49N7O. The Hall–Kier alpha value is -2.84. The molecule has 222 valence electrons. The topological polar surface area (TPSA) is 95.5 Å². The zero-order valence-electron chi connectivity index (χ0n) is 25.7. The van der Waals surface area contributed by atoms with E-state index in [1.807, 2.05) is 12.3 Å².